The molecule has 0 saturated heterocycles. The summed E-state index contributed by atoms with van der Waals surface area (Å²) >= 11 is 0. The van der Waals surface area contributed by atoms with E-state index in [0.717, 1.165) is 35.0 Å². The van der Waals surface area contributed by atoms with Gasteiger partial charge in [0.1, 0.15) is 0 Å². The molecule has 4 aliphatic rings. The Kier molecular flexibility index (Phi) is 2.79. The lowest BCUT2D eigenvalue weighted by molar-refractivity contribution is -0.0492. The van der Waals surface area contributed by atoms with Crippen LogP contribution in [0.15, 0.2) is 0 Å². The molecular formula is C18H30. The molecule has 6 atom stereocenters. The molecule has 4 rings (SSSR count). The van der Waals surface area contributed by atoms with E-state index in [0.29, 0.717) is 0 Å². The highest BCUT2D eigenvalue weighted by Crippen LogP contribution is 2.62. The lowest BCUT2D eigenvalue weighted by Crippen LogP contribution is -2.46. The van der Waals surface area contributed by atoms with Crippen LogP contribution in [0.1, 0.15) is 77.6 Å². The second-order valence-electron chi connectivity index (χ2n) is 8.30. The van der Waals surface area contributed by atoms with Crippen LogP contribution in [0.25, 0.3) is 0 Å². The summed E-state index contributed by atoms with van der Waals surface area (Å²) in [5.74, 6) is 5.72. The normalized spacial score (nSPS) is 55.5. The number of hydrogen-bond acceptors (Lipinski definition) is 0. The highest BCUT2D eigenvalue weighted by atomic mass is 14.6. The summed E-state index contributed by atoms with van der Waals surface area (Å²) in [7, 11) is 0. The van der Waals surface area contributed by atoms with Crippen molar-refractivity contribution in [2.75, 3.05) is 0 Å². The minimum absolute atomic E-state index is 0.767. The van der Waals surface area contributed by atoms with Gasteiger partial charge in [-0.2, -0.15) is 0 Å². The van der Waals surface area contributed by atoms with Gasteiger partial charge in [-0.15, -0.1) is 0 Å². The molecule has 4 aliphatic carbocycles. The number of hydrogen-bond donors (Lipinski definition) is 0. The zero-order valence-electron chi connectivity index (χ0n) is 12.2. The molecular weight excluding hydrogens is 216 g/mol. The van der Waals surface area contributed by atoms with Crippen molar-refractivity contribution < 1.29 is 0 Å². The van der Waals surface area contributed by atoms with E-state index in [1.807, 2.05) is 0 Å². The third-order valence-electron chi connectivity index (χ3n) is 7.66. The molecule has 0 amide bonds. The van der Waals surface area contributed by atoms with Crippen molar-refractivity contribution in [1.82, 2.24) is 0 Å². The Morgan fingerprint density at radius 1 is 0.667 bits per heavy atom. The van der Waals surface area contributed by atoms with Gasteiger partial charge in [-0.05, 0) is 80.0 Å². The molecule has 0 aliphatic heterocycles. The maximum atomic E-state index is 2.63. The quantitative estimate of drug-likeness (QED) is 0.535. The molecule has 0 aromatic rings. The molecule has 0 radical (unpaired) electrons. The van der Waals surface area contributed by atoms with Crippen molar-refractivity contribution in [3.63, 3.8) is 0 Å². The Morgan fingerprint density at radius 2 is 1.56 bits per heavy atom. The van der Waals surface area contributed by atoms with Crippen LogP contribution in [-0.4, -0.2) is 0 Å². The minimum Gasteiger partial charge on any atom is -0.0594 e. The van der Waals surface area contributed by atoms with Crippen LogP contribution < -0.4 is 0 Å². The fourth-order valence-electron chi connectivity index (χ4n) is 6.82. The molecule has 18 heavy (non-hydrogen) atoms. The van der Waals surface area contributed by atoms with Crippen molar-refractivity contribution in [3.8, 4) is 0 Å². The maximum absolute atomic E-state index is 2.63. The van der Waals surface area contributed by atoms with E-state index in [9.17, 15) is 0 Å². The SMILES string of the molecule is C[C@]12CCCC1C1CCC3CCCCC3[C@@H]1CC2. The lowest BCUT2D eigenvalue weighted by Gasteiger charge is -2.54. The monoisotopic (exact) mass is 246 g/mol. The average Bonchev–Trinajstić information content (AvgIpc) is 2.80. The van der Waals surface area contributed by atoms with Gasteiger partial charge in [0.2, 0.25) is 0 Å². The topological polar surface area (TPSA) is 0 Å². The van der Waals surface area contributed by atoms with E-state index in [-0.39, 0.29) is 0 Å². The summed E-state index contributed by atoms with van der Waals surface area (Å²) in [6, 6.07) is 0. The molecule has 0 heterocycles. The van der Waals surface area contributed by atoms with Crippen LogP contribution in [-0.2, 0) is 0 Å². The Labute approximate surface area is 113 Å². The zero-order valence-corrected chi connectivity index (χ0v) is 12.2. The fourth-order valence-corrected chi connectivity index (χ4v) is 6.82. The molecule has 4 unspecified atom stereocenters. The van der Waals surface area contributed by atoms with E-state index in [1.165, 1.54) is 0 Å². The predicted molar refractivity (Wildman–Crippen MR) is 76.3 cm³/mol. The molecule has 4 fully saturated rings. The lowest BCUT2D eigenvalue weighted by atomic mass is 9.51. The number of rotatable bonds is 0. The van der Waals surface area contributed by atoms with Gasteiger partial charge in [-0.3, -0.25) is 0 Å². The Morgan fingerprint density at radius 3 is 2.50 bits per heavy atom. The van der Waals surface area contributed by atoms with E-state index in [2.05, 4.69) is 6.92 Å². The van der Waals surface area contributed by atoms with Crippen molar-refractivity contribution in [3.05, 3.63) is 0 Å². The highest BCUT2D eigenvalue weighted by molar-refractivity contribution is 5.02. The standard InChI is InChI=1S/C18H30/c1-18-11-4-7-17(18)16-9-8-13-5-2-3-6-14(13)15(16)10-12-18/h13-17H,2-12H2,1H3/t13?,14?,15-,16?,17?,18+/m0/s1. The molecule has 0 spiro atoms. The van der Waals surface area contributed by atoms with Gasteiger partial charge in [0, 0.05) is 0 Å². The molecule has 0 nitrogen and oxygen atoms in total. The first-order valence-electron chi connectivity index (χ1n) is 8.78. The number of fused-ring (bicyclic) bond motifs is 5. The molecule has 4 saturated carbocycles. The van der Waals surface area contributed by atoms with Crippen LogP contribution in [0.2, 0.25) is 0 Å². The van der Waals surface area contributed by atoms with Crippen molar-refractivity contribution >= 4 is 0 Å². The molecule has 102 valence electrons. The van der Waals surface area contributed by atoms with Gasteiger partial charge in [-0.1, -0.05) is 32.6 Å². The minimum atomic E-state index is 0.767. The predicted octanol–water partition coefficient (Wildman–Crippen LogP) is 5.42. The molecule has 0 aromatic heterocycles. The third-order valence-corrected chi connectivity index (χ3v) is 7.66. The highest BCUT2D eigenvalue weighted by Gasteiger charge is 2.52. The summed E-state index contributed by atoms with van der Waals surface area (Å²) in [5.41, 5.74) is 0.767. The zero-order chi connectivity index (χ0) is 12.2. The van der Waals surface area contributed by atoms with Gasteiger partial charge in [0.15, 0.2) is 0 Å². The maximum Gasteiger partial charge on any atom is -0.0295 e. The molecule has 0 N–H and O–H groups in total. The average molecular weight is 246 g/mol. The van der Waals surface area contributed by atoms with Crippen molar-refractivity contribution in [1.29, 1.82) is 0 Å². The summed E-state index contributed by atoms with van der Waals surface area (Å²) < 4.78 is 0. The van der Waals surface area contributed by atoms with E-state index < -0.39 is 0 Å². The van der Waals surface area contributed by atoms with E-state index in [4.69, 9.17) is 0 Å². The first-order chi connectivity index (χ1) is 8.78. The second-order valence-corrected chi connectivity index (χ2v) is 8.30. The third kappa shape index (κ3) is 1.63. The van der Waals surface area contributed by atoms with Gasteiger partial charge in [0.05, 0.1) is 0 Å². The van der Waals surface area contributed by atoms with Crippen molar-refractivity contribution in [2.45, 2.75) is 77.6 Å². The van der Waals surface area contributed by atoms with E-state index >= 15 is 0 Å². The molecule has 0 bridgehead atoms. The van der Waals surface area contributed by atoms with Crippen LogP contribution >= 0.6 is 0 Å². The largest absolute Gasteiger partial charge is 0.0594 e. The first-order valence-corrected chi connectivity index (χ1v) is 8.78. The van der Waals surface area contributed by atoms with Gasteiger partial charge < -0.3 is 0 Å². The van der Waals surface area contributed by atoms with Crippen LogP contribution in [0.3, 0.4) is 0 Å². The summed E-state index contributed by atoms with van der Waals surface area (Å²) in [5, 5.41) is 0. The Hall–Kier alpha value is 0. The van der Waals surface area contributed by atoms with Crippen LogP contribution in [0, 0.1) is 35.0 Å². The first kappa shape index (κ1) is 11.8. The summed E-state index contributed by atoms with van der Waals surface area (Å²) in [6.45, 7) is 2.63. The fraction of sp³-hybridized carbons (Fsp3) is 1.00. The van der Waals surface area contributed by atoms with Gasteiger partial charge in [0.25, 0.3) is 0 Å². The van der Waals surface area contributed by atoms with Gasteiger partial charge >= 0.3 is 0 Å². The van der Waals surface area contributed by atoms with Crippen molar-refractivity contribution in [2.24, 2.45) is 35.0 Å². The molecule has 0 heteroatoms. The van der Waals surface area contributed by atoms with E-state index in [1.54, 1.807) is 70.6 Å². The smallest absolute Gasteiger partial charge is 0.0295 e. The summed E-state index contributed by atoms with van der Waals surface area (Å²) in [4.78, 5) is 0. The Bertz CT molecular complexity index is 320. The van der Waals surface area contributed by atoms with Gasteiger partial charge in [-0.25, -0.2) is 0 Å². The van der Waals surface area contributed by atoms with Crippen LogP contribution in [0.4, 0.5) is 0 Å². The molecule has 0 aromatic carbocycles. The Balaban J connectivity index is 1.59. The second kappa shape index (κ2) is 4.25. The van der Waals surface area contributed by atoms with Crippen LogP contribution in [0.5, 0.6) is 0 Å². The summed E-state index contributed by atoms with van der Waals surface area (Å²) in [6.07, 6.45) is 17.3.